The van der Waals surface area contributed by atoms with Gasteiger partial charge in [-0.3, -0.25) is 0 Å². The lowest BCUT2D eigenvalue weighted by atomic mass is 10.0. The average Bonchev–Trinajstić information content (AvgIpc) is 2.61. The highest BCUT2D eigenvalue weighted by atomic mass is 79.9. The Morgan fingerprint density at radius 2 is 1.88 bits per heavy atom. The number of halogens is 4. The average molecular weight is 445 g/mol. The maximum atomic E-state index is 13.4. The first-order valence-electron chi connectivity index (χ1n) is 4.57. The summed E-state index contributed by atoms with van der Waals surface area (Å²) >= 11 is 11.3. The fraction of sp³-hybridized carbons (Fsp3) is 0.0909. The third kappa shape index (κ3) is 2.98. The summed E-state index contributed by atoms with van der Waals surface area (Å²) < 4.78 is 15.5. The van der Waals surface area contributed by atoms with E-state index in [1.54, 1.807) is 12.1 Å². The summed E-state index contributed by atoms with van der Waals surface area (Å²) in [6.45, 7) is 0. The predicted octanol–water partition coefficient (Wildman–Crippen LogP) is 5.26. The molecular formula is C11H6Br3FOS. The van der Waals surface area contributed by atoms with Gasteiger partial charge in [0, 0.05) is 5.56 Å². The van der Waals surface area contributed by atoms with Crippen molar-refractivity contribution in [3.05, 3.63) is 53.3 Å². The minimum atomic E-state index is -0.838. The number of hydrogen-bond donors (Lipinski definition) is 1. The Labute approximate surface area is 127 Å². The van der Waals surface area contributed by atoms with Gasteiger partial charge >= 0.3 is 0 Å². The van der Waals surface area contributed by atoms with Gasteiger partial charge in [-0.2, -0.15) is 0 Å². The predicted molar refractivity (Wildman–Crippen MR) is 77.9 cm³/mol. The van der Waals surface area contributed by atoms with Gasteiger partial charge in [0.15, 0.2) is 0 Å². The van der Waals surface area contributed by atoms with Crippen LogP contribution in [-0.4, -0.2) is 5.11 Å². The Bertz CT molecular complexity index is 556. The molecule has 0 saturated carbocycles. The largest absolute Gasteiger partial charge is 0.384 e. The summed E-state index contributed by atoms with van der Waals surface area (Å²) in [4.78, 5) is 0. The van der Waals surface area contributed by atoms with E-state index in [-0.39, 0.29) is 5.82 Å². The molecule has 1 heterocycles. The molecule has 0 radical (unpaired) electrons. The maximum absolute atomic E-state index is 13.4. The molecule has 90 valence electrons. The molecule has 0 amide bonds. The van der Waals surface area contributed by atoms with E-state index >= 15 is 0 Å². The fourth-order valence-electron chi connectivity index (χ4n) is 1.40. The van der Waals surface area contributed by atoms with Gasteiger partial charge in [-0.25, -0.2) is 4.39 Å². The Kier molecular flexibility index (Phi) is 4.41. The lowest BCUT2D eigenvalue weighted by Gasteiger charge is -2.10. The second kappa shape index (κ2) is 5.48. The molecule has 6 heteroatoms. The Hall–Kier alpha value is 0.250. The molecule has 0 aliphatic heterocycles. The smallest absolute Gasteiger partial charge is 0.137 e. The number of hydrogen-bond acceptors (Lipinski definition) is 2. The number of aliphatic hydroxyl groups excluding tert-OH is 1. The van der Waals surface area contributed by atoms with Gasteiger partial charge in [0.2, 0.25) is 0 Å². The molecule has 0 saturated heterocycles. The Morgan fingerprint density at radius 1 is 1.18 bits per heavy atom. The third-order valence-electron chi connectivity index (χ3n) is 2.24. The summed E-state index contributed by atoms with van der Waals surface area (Å²) in [5.41, 5.74) is 1.25. The molecule has 1 N–H and O–H groups in total. The summed E-state index contributed by atoms with van der Waals surface area (Å²) in [6.07, 6.45) is -0.838. The molecule has 1 aromatic heterocycles. The van der Waals surface area contributed by atoms with E-state index in [2.05, 4.69) is 47.8 Å². The lowest BCUT2D eigenvalue weighted by Crippen LogP contribution is -1.99. The van der Waals surface area contributed by atoms with Crippen molar-refractivity contribution in [3.8, 4) is 0 Å². The van der Waals surface area contributed by atoms with Crippen molar-refractivity contribution < 1.29 is 9.50 Å². The molecule has 0 spiro atoms. The fourth-order valence-corrected chi connectivity index (χ4v) is 4.53. The first kappa shape index (κ1) is 13.7. The minimum absolute atomic E-state index is 0.382. The highest BCUT2D eigenvalue weighted by molar-refractivity contribution is 9.12. The van der Waals surface area contributed by atoms with E-state index < -0.39 is 6.10 Å². The van der Waals surface area contributed by atoms with Crippen LogP contribution in [-0.2, 0) is 0 Å². The Balaban J connectivity index is 2.40. The minimum Gasteiger partial charge on any atom is -0.384 e. The first-order valence-corrected chi connectivity index (χ1v) is 7.76. The molecule has 0 bridgehead atoms. The number of aliphatic hydroxyl groups is 1. The van der Waals surface area contributed by atoms with Crippen molar-refractivity contribution in [3.63, 3.8) is 0 Å². The molecule has 0 aliphatic rings. The monoisotopic (exact) mass is 442 g/mol. The van der Waals surface area contributed by atoms with E-state index in [9.17, 15) is 9.50 Å². The van der Waals surface area contributed by atoms with Gasteiger partial charge in [0.05, 0.1) is 12.0 Å². The molecule has 17 heavy (non-hydrogen) atoms. The topological polar surface area (TPSA) is 20.2 Å². The summed E-state index contributed by atoms with van der Waals surface area (Å²) in [6, 6.07) is 6.42. The normalized spacial score (nSPS) is 12.8. The molecule has 0 fully saturated rings. The van der Waals surface area contributed by atoms with Crippen LogP contribution in [0.25, 0.3) is 0 Å². The third-order valence-corrected chi connectivity index (χ3v) is 5.27. The highest BCUT2D eigenvalue weighted by Crippen LogP contribution is 2.38. The van der Waals surface area contributed by atoms with E-state index in [4.69, 9.17) is 0 Å². The van der Waals surface area contributed by atoms with Gasteiger partial charge < -0.3 is 5.11 Å². The standard InChI is InChI=1S/C11H6Br3FOS/c12-7-2-1-5(3-8(7)15)10(16)6-4-9(13)17-11(6)14/h1-4,10,16H. The number of thiophene rings is 1. The van der Waals surface area contributed by atoms with Crippen LogP contribution in [0.4, 0.5) is 4.39 Å². The van der Waals surface area contributed by atoms with Gasteiger partial charge in [-0.15, -0.1) is 11.3 Å². The van der Waals surface area contributed by atoms with Crippen molar-refractivity contribution in [2.75, 3.05) is 0 Å². The molecular weight excluding hydrogens is 439 g/mol. The second-order valence-electron chi connectivity index (χ2n) is 3.36. The second-order valence-corrected chi connectivity index (χ2v) is 7.96. The molecule has 2 aromatic rings. The maximum Gasteiger partial charge on any atom is 0.137 e. The van der Waals surface area contributed by atoms with Crippen molar-refractivity contribution >= 4 is 59.1 Å². The van der Waals surface area contributed by atoms with Crippen LogP contribution >= 0.6 is 59.1 Å². The zero-order valence-corrected chi connectivity index (χ0v) is 13.8. The van der Waals surface area contributed by atoms with E-state index in [0.29, 0.717) is 10.0 Å². The van der Waals surface area contributed by atoms with Gasteiger partial charge in [-0.1, -0.05) is 6.07 Å². The lowest BCUT2D eigenvalue weighted by molar-refractivity contribution is 0.219. The molecule has 1 unspecified atom stereocenters. The molecule has 1 nitrogen and oxygen atoms in total. The molecule has 2 rings (SSSR count). The number of benzene rings is 1. The van der Waals surface area contributed by atoms with Gasteiger partial charge in [-0.05, 0) is 71.6 Å². The van der Waals surface area contributed by atoms with Crippen LogP contribution in [0.5, 0.6) is 0 Å². The van der Waals surface area contributed by atoms with Crippen LogP contribution in [0.3, 0.4) is 0 Å². The first-order chi connectivity index (χ1) is 7.99. The molecule has 0 aliphatic carbocycles. The zero-order valence-electron chi connectivity index (χ0n) is 8.25. The molecule has 1 atom stereocenters. The van der Waals surface area contributed by atoms with E-state index in [0.717, 1.165) is 13.1 Å². The Morgan fingerprint density at radius 3 is 2.41 bits per heavy atom. The van der Waals surface area contributed by atoms with E-state index in [1.807, 2.05) is 6.07 Å². The van der Waals surface area contributed by atoms with E-state index in [1.165, 1.54) is 17.4 Å². The SMILES string of the molecule is OC(c1ccc(Br)c(F)c1)c1cc(Br)sc1Br. The molecule has 1 aromatic carbocycles. The van der Waals surface area contributed by atoms with Gasteiger partial charge in [0.1, 0.15) is 11.9 Å². The van der Waals surface area contributed by atoms with Crippen LogP contribution in [0, 0.1) is 5.82 Å². The van der Waals surface area contributed by atoms with Crippen LogP contribution in [0.15, 0.2) is 36.3 Å². The zero-order chi connectivity index (χ0) is 12.6. The quantitative estimate of drug-likeness (QED) is 0.670. The van der Waals surface area contributed by atoms with Crippen molar-refractivity contribution in [1.29, 1.82) is 0 Å². The van der Waals surface area contributed by atoms with Crippen LogP contribution < -0.4 is 0 Å². The highest BCUT2D eigenvalue weighted by Gasteiger charge is 2.17. The summed E-state index contributed by atoms with van der Waals surface area (Å²) in [5.74, 6) is -0.382. The van der Waals surface area contributed by atoms with Crippen molar-refractivity contribution in [2.24, 2.45) is 0 Å². The summed E-state index contributed by atoms with van der Waals surface area (Å²) in [5, 5.41) is 10.2. The number of rotatable bonds is 2. The van der Waals surface area contributed by atoms with Crippen molar-refractivity contribution in [1.82, 2.24) is 0 Å². The van der Waals surface area contributed by atoms with Crippen molar-refractivity contribution in [2.45, 2.75) is 6.10 Å². The van der Waals surface area contributed by atoms with Crippen LogP contribution in [0.1, 0.15) is 17.2 Å². The summed E-state index contributed by atoms with van der Waals surface area (Å²) in [7, 11) is 0. The van der Waals surface area contributed by atoms with Gasteiger partial charge in [0.25, 0.3) is 0 Å². The van der Waals surface area contributed by atoms with Crippen LogP contribution in [0.2, 0.25) is 0 Å².